The van der Waals surface area contributed by atoms with E-state index >= 15 is 0 Å². The Balaban J connectivity index is 1.69. The maximum atomic E-state index is 12.4. The van der Waals surface area contributed by atoms with E-state index in [1.54, 1.807) is 38.6 Å². The number of thioether (sulfide) groups is 1. The molecule has 152 valence electrons. The summed E-state index contributed by atoms with van der Waals surface area (Å²) in [7, 11) is 3.14. The number of carbonyl (C=O) groups excluding carboxylic acids is 1. The first-order valence-corrected chi connectivity index (χ1v) is 10.3. The minimum absolute atomic E-state index is 0.117. The Morgan fingerprint density at radius 1 is 1.14 bits per heavy atom. The summed E-state index contributed by atoms with van der Waals surface area (Å²) >= 11 is 1.40. The lowest BCUT2D eigenvalue weighted by Gasteiger charge is -2.15. The van der Waals surface area contributed by atoms with E-state index in [0.29, 0.717) is 23.1 Å². The average molecular weight is 412 g/mol. The van der Waals surface area contributed by atoms with Crippen molar-refractivity contribution in [3.63, 3.8) is 0 Å². The van der Waals surface area contributed by atoms with Crippen molar-refractivity contribution in [1.82, 2.24) is 9.55 Å². The van der Waals surface area contributed by atoms with Gasteiger partial charge in [0.1, 0.15) is 0 Å². The third kappa shape index (κ3) is 4.92. The highest BCUT2D eigenvalue weighted by Crippen LogP contribution is 2.30. The van der Waals surface area contributed by atoms with Crippen molar-refractivity contribution in [3.8, 4) is 17.2 Å². The van der Waals surface area contributed by atoms with E-state index in [1.165, 1.54) is 17.3 Å². The third-order valence-electron chi connectivity index (χ3n) is 4.42. The molecule has 1 N–H and O–H groups in total. The molecule has 0 unspecified atom stereocenters. The second kappa shape index (κ2) is 9.52. The van der Waals surface area contributed by atoms with Crippen molar-refractivity contribution in [2.24, 2.45) is 0 Å². The number of carbonyl (C=O) groups is 1. The van der Waals surface area contributed by atoms with Gasteiger partial charge in [0.2, 0.25) is 5.91 Å². The lowest BCUT2D eigenvalue weighted by Crippen LogP contribution is -2.14. The number of aromatic nitrogens is 2. The zero-order chi connectivity index (χ0) is 20.8. The van der Waals surface area contributed by atoms with Crippen LogP contribution >= 0.6 is 11.8 Å². The van der Waals surface area contributed by atoms with E-state index in [2.05, 4.69) is 36.3 Å². The molecule has 0 radical (unpaired) electrons. The maximum Gasteiger partial charge on any atom is 0.234 e. The van der Waals surface area contributed by atoms with Gasteiger partial charge in [-0.2, -0.15) is 0 Å². The minimum atomic E-state index is -0.117. The Labute approximate surface area is 175 Å². The molecule has 3 rings (SSSR count). The molecule has 0 fully saturated rings. The summed E-state index contributed by atoms with van der Waals surface area (Å²) in [6.07, 6.45) is 3.68. The number of nitrogens with zero attached hydrogens (tertiary/aromatic N) is 2. The van der Waals surface area contributed by atoms with Crippen LogP contribution in [0.25, 0.3) is 5.69 Å². The predicted molar refractivity (Wildman–Crippen MR) is 117 cm³/mol. The third-order valence-corrected chi connectivity index (χ3v) is 5.39. The number of amides is 1. The van der Waals surface area contributed by atoms with E-state index < -0.39 is 0 Å². The fourth-order valence-corrected chi connectivity index (χ4v) is 3.78. The highest BCUT2D eigenvalue weighted by molar-refractivity contribution is 7.99. The van der Waals surface area contributed by atoms with Gasteiger partial charge in [-0.1, -0.05) is 43.8 Å². The van der Waals surface area contributed by atoms with Gasteiger partial charge in [-0.25, -0.2) is 4.98 Å². The van der Waals surface area contributed by atoms with Crippen molar-refractivity contribution < 1.29 is 14.3 Å². The number of rotatable bonds is 8. The van der Waals surface area contributed by atoms with Crippen LogP contribution in [0.3, 0.4) is 0 Å². The Morgan fingerprint density at radius 3 is 2.62 bits per heavy atom. The molecule has 7 heteroatoms. The lowest BCUT2D eigenvalue weighted by molar-refractivity contribution is -0.113. The van der Waals surface area contributed by atoms with E-state index in [-0.39, 0.29) is 11.7 Å². The molecule has 0 aliphatic heterocycles. The van der Waals surface area contributed by atoms with Gasteiger partial charge in [0.05, 0.1) is 25.7 Å². The molecule has 0 atom stereocenters. The number of hydrogen-bond acceptors (Lipinski definition) is 5. The van der Waals surface area contributed by atoms with E-state index in [9.17, 15) is 4.79 Å². The Hall–Kier alpha value is -2.93. The van der Waals surface area contributed by atoms with Gasteiger partial charge in [-0.15, -0.1) is 0 Å². The second-order valence-electron chi connectivity index (χ2n) is 6.70. The zero-order valence-electron chi connectivity index (χ0n) is 17.0. The number of methoxy groups -OCH3 is 2. The van der Waals surface area contributed by atoms with Crippen LogP contribution in [0.5, 0.6) is 11.5 Å². The molecule has 29 heavy (non-hydrogen) atoms. The summed E-state index contributed by atoms with van der Waals surface area (Å²) in [5.41, 5.74) is 2.98. The summed E-state index contributed by atoms with van der Waals surface area (Å²) in [6.45, 7) is 4.33. The van der Waals surface area contributed by atoms with Crippen molar-refractivity contribution in [3.05, 3.63) is 60.4 Å². The SMILES string of the molecule is COc1ccc(NC(=O)CSc2nccn2-c2ccccc2C(C)C)cc1OC. The number of hydrogen-bond donors (Lipinski definition) is 1. The number of anilines is 1. The van der Waals surface area contributed by atoms with Gasteiger partial charge in [0.15, 0.2) is 16.7 Å². The fourth-order valence-electron chi connectivity index (χ4n) is 3.02. The molecule has 0 aliphatic carbocycles. The summed E-state index contributed by atoms with van der Waals surface area (Å²) in [5.74, 6) is 1.70. The summed E-state index contributed by atoms with van der Waals surface area (Å²) in [6, 6.07) is 13.5. The molecule has 1 amide bonds. The predicted octanol–water partition coefficient (Wildman–Crippen LogP) is 4.74. The van der Waals surface area contributed by atoms with Crippen LogP contribution in [0.4, 0.5) is 5.69 Å². The monoisotopic (exact) mass is 411 g/mol. The number of imidazole rings is 1. The van der Waals surface area contributed by atoms with Crippen LogP contribution < -0.4 is 14.8 Å². The molecular formula is C22H25N3O3S. The van der Waals surface area contributed by atoms with Crippen LogP contribution in [0.1, 0.15) is 25.3 Å². The lowest BCUT2D eigenvalue weighted by atomic mass is 10.0. The van der Waals surface area contributed by atoms with Crippen molar-refractivity contribution in [2.45, 2.75) is 24.9 Å². The molecule has 0 saturated carbocycles. The number of nitrogens with one attached hydrogen (secondary N) is 1. The van der Waals surface area contributed by atoms with Crippen LogP contribution in [0, 0.1) is 0 Å². The highest BCUT2D eigenvalue weighted by atomic mass is 32.2. The van der Waals surface area contributed by atoms with Crippen LogP contribution in [-0.2, 0) is 4.79 Å². The van der Waals surface area contributed by atoms with Gasteiger partial charge in [-0.3, -0.25) is 9.36 Å². The smallest absolute Gasteiger partial charge is 0.234 e. The maximum absolute atomic E-state index is 12.4. The summed E-state index contributed by atoms with van der Waals surface area (Å²) < 4.78 is 12.5. The Bertz CT molecular complexity index is 985. The standard InChI is InChI=1S/C22H25N3O3S/c1-15(2)17-7-5-6-8-18(17)25-12-11-23-22(25)29-14-21(26)24-16-9-10-19(27-3)20(13-16)28-4/h5-13,15H,14H2,1-4H3,(H,24,26). The first-order valence-electron chi connectivity index (χ1n) is 9.30. The van der Waals surface area contributed by atoms with Crippen molar-refractivity contribution in [1.29, 1.82) is 0 Å². The normalized spacial score (nSPS) is 10.8. The Kier molecular flexibility index (Phi) is 6.82. The van der Waals surface area contributed by atoms with Gasteiger partial charge >= 0.3 is 0 Å². The molecule has 0 aliphatic rings. The van der Waals surface area contributed by atoms with Crippen LogP contribution in [0.2, 0.25) is 0 Å². The molecule has 0 bridgehead atoms. The molecule has 0 saturated heterocycles. The quantitative estimate of drug-likeness (QED) is 0.542. The van der Waals surface area contributed by atoms with Gasteiger partial charge < -0.3 is 14.8 Å². The molecule has 0 spiro atoms. The number of benzene rings is 2. The summed E-state index contributed by atoms with van der Waals surface area (Å²) in [4.78, 5) is 16.9. The van der Waals surface area contributed by atoms with E-state index in [1.807, 2.05) is 22.9 Å². The van der Waals surface area contributed by atoms with Crippen LogP contribution in [-0.4, -0.2) is 35.4 Å². The topological polar surface area (TPSA) is 65.4 Å². The molecule has 1 heterocycles. The molecule has 6 nitrogen and oxygen atoms in total. The minimum Gasteiger partial charge on any atom is -0.493 e. The first-order chi connectivity index (χ1) is 14.0. The number of para-hydroxylation sites is 1. The molecular weight excluding hydrogens is 386 g/mol. The van der Waals surface area contributed by atoms with Crippen molar-refractivity contribution in [2.75, 3.05) is 25.3 Å². The fraction of sp³-hybridized carbons (Fsp3) is 0.273. The van der Waals surface area contributed by atoms with Crippen LogP contribution in [0.15, 0.2) is 60.0 Å². The van der Waals surface area contributed by atoms with Gasteiger partial charge in [0.25, 0.3) is 0 Å². The molecule has 1 aromatic heterocycles. The van der Waals surface area contributed by atoms with Gasteiger partial charge in [0, 0.05) is 24.1 Å². The molecule has 3 aromatic rings. The number of ether oxygens (including phenoxy) is 2. The van der Waals surface area contributed by atoms with E-state index in [0.717, 1.165) is 10.8 Å². The molecule has 2 aromatic carbocycles. The zero-order valence-corrected chi connectivity index (χ0v) is 17.8. The highest BCUT2D eigenvalue weighted by Gasteiger charge is 2.14. The first kappa shape index (κ1) is 20.8. The second-order valence-corrected chi connectivity index (χ2v) is 7.64. The average Bonchev–Trinajstić information content (AvgIpc) is 3.20. The summed E-state index contributed by atoms with van der Waals surface area (Å²) in [5, 5.41) is 3.67. The van der Waals surface area contributed by atoms with Gasteiger partial charge in [-0.05, 0) is 29.7 Å². The van der Waals surface area contributed by atoms with E-state index in [4.69, 9.17) is 9.47 Å². The largest absolute Gasteiger partial charge is 0.493 e. The van der Waals surface area contributed by atoms with Crippen molar-refractivity contribution >= 4 is 23.4 Å². The Morgan fingerprint density at radius 2 is 1.90 bits per heavy atom.